The van der Waals surface area contributed by atoms with E-state index in [0.29, 0.717) is 18.9 Å². The molecule has 1 amide bonds. The Labute approximate surface area is 124 Å². The molecule has 5 nitrogen and oxygen atoms in total. The summed E-state index contributed by atoms with van der Waals surface area (Å²) in [4.78, 5) is 22.1. The van der Waals surface area contributed by atoms with Gasteiger partial charge in [0.1, 0.15) is 5.82 Å². The number of aromatic nitrogens is 2. The maximum atomic E-state index is 12.3. The van der Waals surface area contributed by atoms with Gasteiger partial charge in [-0.2, -0.15) is 0 Å². The van der Waals surface area contributed by atoms with E-state index in [2.05, 4.69) is 35.2 Å². The molecule has 5 heteroatoms. The highest BCUT2D eigenvalue weighted by Crippen LogP contribution is 2.16. The molecule has 1 fully saturated rings. The van der Waals surface area contributed by atoms with Crippen LogP contribution in [-0.4, -0.2) is 46.5 Å². The Bertz CT molecular complexity index is 649. The third-order valence-electron chi connectivity index (χ3n) is 4.06. The Morgan fingerprint density at radius 1 is 1.48 bits per heavy atom. The summed E-state index contributed by atoms with van der Waals surface area (Å²) in [5.41, 5.74) is 3.22. The van der Waals surface area contributed by atoms with Gasteiger partial charge in [-0.15, -0.1) is 0 Å². The smallest absolute Gasteiger partial charge is 0.223 e. The van der Waals surface area contributed by atoms with Crippen LogP contribution in [0.3, 0.4) is 0 Å². The average molecular weight is 286 g/mol. The fourth-order valence-electron chi connectivity index (χ4n) is 2.89. The third-order valence-corrected chi connectivity index (χ3v) is 4.06. The molecular formula is C16H22N4O. The van der Waals surface area contributed by atoms with Crippen LogP contribution in [0, 0.1) is 6.92 Å². The second kappa shape index (κ2) is 5.85. The van der Waals surface area contributed by atoms with Gasteiger partial charge in [-0.3, -0.25) is 4.79 Å². The number of piperazine rings is 1. The van der Waals surface area contributed by atoms with E-state index in [1.54, 1.807) is 0 Å². The lowest BCUT2D eigenvalue weighted by molar-refractivity contribution is -0.132. The molecule has 1 saturated heterocycles. The van der Waals surface area contributed by atoms with Gasteiger partial charge in [0.2, 0.25) is 5.91 Å². The van der Waals surface area contributed by atoms with Gasteiger partial charge < -0.3 is 15.2 Å². The number of hydrogen-bond donors (Lipinski definition) is 2. The number of benzene rings is 1. The van der Waals surface area contributed by atoms with E-state index in [4.69, 9.17) is 0 Å². The number of hydrogen-bond acceptors (Lipinski definition) is 3. The lowest BCUT2D eigenvalue weighted by Gasteiger charge is -2.31. The fraction of sp³-hybridized carbons (Fsp3) is 0.500. The van der Waals surface area contributed by atoms with Crippen LogP contribution in [0.25, 0.3) is 11.0 Å². The topological polar surface area (TPSA) is 61.0 Å². The van der Waals surface area contributed by atoms with Crippen LogP contribution >= 0.6 is 0 Å². The van der Waals surface area contributed by atoms with E-state index in [1.165, 1.54) is 0 Å². The number of nitrogens with one attached hydrogen (secondary N) is 2. The molecule has 2 heterocycles. The standard InChI is InChI=1S/C16H22N4O/c1-11-4-3-5-13-16(11)19-14(18-13)6-7-15(21)20-9-8-17-12(2)10-20/h3-5,12,17H,6-10H2,1-2H3,(H,18,19)/t12-/m1/s1. The van der Waals surface area contributed by atoms with E-state index < -0.39 is 0 Å². The number of para-hydroxylation sites is 1. The maximum absolute atomic E-state index is 12.3. The summed E-state index contributed by atoms with van der Waals surface area (Å²) in [6.45, 7) is 6.67. The van der Waals surface area contributed by atoms with E-state index in [0.717, 1.165) is 42.1 Å². The zero-order chi connectivity index (χ0) is 14.8. The predicted molar refractivity (Wildman–Crippen MR) is 83.2 cm³/mol. The molecule has 0 spiro atoms. The molecule has 3 rings (SSSR count). The van der Waals surface area contributed by atoms with Crippen LogP contribution in [0.2, 0.25) is 0 Å². The molecule has 0 saturated carbocycles. The van der Waals surface area contributed by atoms with E-state index >= 15 is 0 Å². The number of carbonyl (C=O) groups is 1. The fourth-order valence-corrected chi connectivity index (χ4v) is 2.89. The van der Waals surface area contributed by atoms with E-state index in [9.17, 15) is 4.79 Å². The first-order valence-corrected chi connectivity index (χ1v) is 7.59. The predicted octanol–water partition coefficient (Wildman–Crippen LogP) is 1.62. The zero-order valence-corrected chi connectivity index (χ0v) is 12.6. The number of aromatic amines is 1. The van der Waals surface area contributed by atoms with E-state index in [1.807, 2.05) is 17.0 Å². The van der Waals surface area contributed by atoms with Crippen molar-refractivity contribution in [1.82, 2.24) is 20.2 Å². The lowest BCUT2D eigenvalue weighted by Crippen LogP contribution is -2.51. The molecule has 1 aromatic carbocycles. The monoisotopic (exact) mass is 286 g/mol. The summed E-state index contributed by atoms with van der Waals surface area (Å²) in [6.07, 6.45) is 1.19. The summed E-state index contributed by atoms with van der Waals surface area (Å²) in [7, 11) is 0. The van der Waals surface area contributed by atoms with Crippen molar-refractivity contribution in [2.24, 2.45) is 0 Å². The van der Waals surface area contributed by atoms with Crippen LogP contribution in [0.4, 0.5) is 0 Å². The molecule has 1 aliphatic heterocycles. The summed E-state index contributed by atoms with van der Waals surface area (Å²) in [6, 6.07) is 6.49. The molecule has 1 aliphatic rings. The van der Waals surface area contributed by atoms with E-state index in [-0.39, 0.29) is 5.91 Å². The number of rotatable bonds is 3. The quantitative estimate of drug-likeness (QED) is 0.901. The highest BCUT2D eigenvalue weighted by atomic mass is 16.2. The Morgan fingerprint density at radius 3 is 3.10 bits per heavy atom. The summed E-state index contributed by atoms with van der Waals surface area (Å²) >= 11 is 0. The van der Waals surface area contributed by atoms with Crippen LogP contribution < -0.4 is 5.32 Å². The number of H-pyrrole nitrogens is 1. The maximum Gasteiger partial charge on any atom is 0.223 e. The summed E-state index contributed by atoms with van der Waals surface area (Å²) in [5, 5.41) is 3.35. The van der Waals surface area contributed by atoms with Gasteiger partial charge in [-0.25, -0.2) is 4.98 Å². The highest BCUT2D eigenvalue weighted by molar-refractivity contribution is 5.79. The van der Waals surface area contributed by atoms with Crippen molar-refractivity contribution in [3.8, 4) is 0 Å². The van der Waals surface area contributed by atoms with Gasteiger partial charge in [0.15, 0.2) is 0 Å². The van der Waals surface area contributed by atoms with Crippen molar-refractivity contribution >= 4 is 16.9 Å². The van der Waals surface area contributed by atoms with Crippen molar-refractivity contribution < 1.29 is 4.79 Å². The number of nitrogens with zero attached hydrogens (tertiary/aromatic N) is 2. The summed E-state index contributed by atoms with van der Waals surface area (Å²) in [5.74, 6) is 1.12. The molecule has 112 valence electrons. The van der Waals surface area contributed by atoms with Gasteiger partial charge in [0.05, 0.1) is 11.0 Å². The average Bonchev–Trinajstić information content (AvgIpc) is 2.89. The van der Waals surface area contributed by atoms with Gasteiger partial charge in [0, 0.05) is 38.5 Å². The molecule has 1 atom stereocenters. The number of fused-ring (bicyclic) bond motifs is 1. The van der Waals surface area contributed by atoms with Gasteiger partial charge in [-0.05, 0) is 25.5 Å². The van der Waals surface area contributed by atoms with Crippen molar-refractivity contribution in [2.75, 3.05) is 19.6 Å². The molecule has 0 unspecified atom stereocenters. The Morgan fingerprint density at radius 2 is 2.33 bits per heavy atom. The molecule has 21 heavy (non-hydrogen) atoms. The normalized spacial score (nSPS) is 19.1. The largest absolute Gasteiger partial charge is 0.342 e. The molecule has 2 aromatic rings. The van der Waals surface area contributed by atoms with Gasteiger partial charge in [0.25, 0.3) is 0 Å². The van der Waals surface area contributed by atoms with Gasteiger partial charge in [-0.1, -0.05) is 12.1 Å². The Kier molecular flexibility index (Phi) is 3.92. The minimum atomic E-state index is 0.223. The first-order valence-electron chi connectivity index (χ1n) is 7.59. The Balaban J connectivity index is 1.63. The third kappa shape index (κ3) is 3.08. The number of amides is 1. The van der Waals surface area contributed by atoms with Crippen molar-refractivity contribution in [2.45, 2.75) is 32.7 Å². The Hall–Kier alpha value is -1.88. The van der Waals surface area contributed by atoms with Gasteiger partial charge >= 0.3 is 0 Å². The van der Waals surface area contributed by atoms with Crippen LogP contribution in [0.5, 0.6) is 0 Å². The lowest BCUT2D eigenvalue weighted by atomic mass is 10.2. The van der Waals surface area contributed by atoms with Crippen LogP contribution in [0.1, 0.15) is 24.7 Å². The van der Waals surface area contributed by atoms with Crippen LogP contribution in [0.15, 0.2) is 18.2 Å². The number of imidazole rings is 1. The number of carbonyl (C=O) groups excluding carboxylic acids is 1. The van der Waals surface area contributed by atoms with Crippen molar-refractivity contribution in [1.29, 1.82) is 0 Å². The second-order valence-electron chi connectivity index (χ2n) is 5.85. The summed E-state index contributed by atoms with van der Waals surface area (Å²) < 4.78 is 0. The van der Waals surface area contributed by atoms with Crippen LogP contribution in [-0.2, 0) is 11.2 Å². The highest BCUT2D eigenvalue weighted by Gasteiger charge is 2.20. The zero-order valence-electron chi connectivity index (χ0n) is 12.6. The molecular weight excluding hydrogens is 264 g/mol. The SMILES string of the molecule is Cc1cccc2[nH]c(CCC(=O)N3CCN[C@H](C)C3)nc12. The first kappa shape index (κ1) is 14.1. The molecule has 0 bridgehead atoms. The first-order chi connectivity index (χ1) is 10.1. The van der Waals surface area contributed by atoms with Crippen molar-refractivity contribution in [3.63, 3.8) is 0 Å². The van der Waals surface area contributed by atoms with Crippen molar-refractivity contribution in [3.05, 3.63) is 29.6 Å². The molecule has 0 radical (unpaired) electrons. The second-order valence-corrected chi connectivity index (χ2v) is 5.85. The minimum Gasteiger partial charge on any atom is -0.342 e. The number of aryl methyl sites for hydroxylation is 2. The molecule has 1 aromatic heterocycles. The molecule has 2 N–H and O–H groups in total. The minimum absolute atomic E-state index is 0.223. The molecule has 0 aliphatic carbocycles.